The molecule has 2 aliphatic heterocycles. The van der Waals surface area contributed by atoms with E-state index in [4.69, 9.17) is 9.73 Å². The summed E-state index contributed by atoms with van der Waals surface area (Å²) in [5, 5.41) is 0. The highest BCUT2D eigenvalue weighted by molar-refractivity contribution is 6.04. The number of amides is 1. The van der Waals surface area contributed by atoms with E-state index in [0.29, 0.717) is 13.1 Å². The maximum Gasteiger partial charge on any atom is 0.253 e. The van der Waals surface area contributed by atoms with Gasteiger partial charge in [-0.2, -0.15) is 0 Å². The number of benzene rings is 3. The van der Waals surface area contributed by atoms with Crippen LogP contribution in [0.2, 0.25) is 0 Å². The van der Waals surface area contributed by atoms with Gasteiger partial charge in [-0.1, -0.05) is 57.2 Å². The van der Waals surface area contributed by atoms with Gasteiger partial charge in [0.05, 0.1) is 5.56 Å². The number of rotatable bonds is 1. The molecule has 1 saturated heterocycles. The zero-order chi connectivity index (χ0) is 23.0. The molecular formula is C28H29N3O2. The Bertz CT molecular complexity index is 1200. The Morgan fingerprint density at radius 2 is 1.45 bits per heavy atom. The Morgan fingerprint density at radius 1 is 0.818 bits per heavy atom. The molecule has 5 heteroatoms. The second-order valence-electron chi connectivity index (χ2n) is 9.61. The fourth-order valence-electron chi connectivity index (χ4n) is 4.33. The first-order chi connectivity index (χ1) is 15.9. The number of carbonyl (C=O) groups excluding carboxylic acids is 1. The first-order valence-electron chi connectivity index (χ1n) is 11.5. The molecule has 33 heavy (non-hydrogen) atoms. The van der Waals surface area contributed by atoms with Crippen LogP contribution in [0.4, 0.5) is 5.69 Å². The average molecular weight is 440 g/mol. The number of aliphatic imine (C=N–C) groups is 1. The van der Waals surface area contributed by atoms with Crippen LogP contribution in [0.15, 0.2) is 77.8 Å². The van der Waals surface area contributed by atoms with Gasteiger partial charge in [0.25, 0.3) is 5.91 Å². The number of carbonyl (C=O) groups is 1. The molecule has 0 radical (unpaired) electrons. The molecule has 0 aromatic heterocycles. The van der Waals surface area contributed by atoms with Crippen LogP contribution < -0.4 is 4.74 Å². The highest BCUT2D eigenvalue weighted by atomic mass is 16.5. The van der Waals surface area contributed by atoms with E-state index in [2.05, 4.69) is 37.8 Å². The van der Waals surface area contributed by atoms with Gasteiger partial charge in [-0.3, -0.25) is 4.79 Å². The fraction of sp³-hybridized carbons (Fsp3) is 0.286. The lowest BCUT2D eigenvalue weighted by atomic mass is 9.86. The minimum atomic E-state index is 0.0747. The smallest absolute Gasteiger partial charge is 0.253 e. The summed E-state index contributed by atoms with van der Waals surface area (Å²) in [5.41, 5.74) is 3.85. The van der Waals surface area contributed by atoms with Gasteiger partial charge >= 0.3 is 0 Å². The molecule has 0 unspecified atom stereocenters. The number of hydrogen-bond acceptors (Lipinski definition) is 4. The number of fused-ring (bicyclic) bond motifs is 2. The summed E-state index contributed by atoms with van der Waals surface area (Å²) in [6.07, 6.45) is 0. The highest BCUT2D eigenvalue weighted by Crippen LogP contribution is 2.38. The number of ether oxygens (including phenoxy) is 1. The third-order valence-electron chi connectivity index (χ3n) is 6.30. The van der Waals surface area contributed by atoms with Crippen molar-refractivity contribution in [2.75, 3.05) is 26.2 Å². The van der Waals surface area contributed by atoms with Crippen molar-refractivity contribution in [1.29, 1.82) is 0 Å². The van der Waals surface area contributed by atoms with Crippen molar-refractivity contribution in [2.45, 2.75) is 26.2 Å². The minimum Gasteiger partial charge on any atom is -0.454 e. The van der Waals surface area contributed by atoms with Gasteiger partial charge in [-0.25, -0.2) is 4.99 Å². The Labute approximate surface area is 195 Å². The lowest BCUT2D eigenvalue weighted by Gasteiger charge is -2.36. The van der Waals surface area contributed by atoms with Crippen LogP contribution in [0, 0.1) is 0 Å². The van der Waals surface area contributed by atoms with Gasteiger partial charge < -0.3 is 14.5 Å². The van der Waals surface area contributed by atoms with E-state index in [1.165, 1.54) is 5.56 Å². The van der Waals surface area contributed by atoms with Crippen LogP contribution in [-0.2, 0) is 5.41 Å². The molecule has 5 rings (SSSR count). The predicted molar refractivity (Wildman–Crippen MR) is 132 cm³/mol. The lowest BCUT2D eigenvalue weighted by Crippen LogP contribution is -2.50. The van der Waals surface area contributed by atoms with E-state index in [1.54, 1.807) is 0 Å². The molecule has 0 atom stereocenters. The van der Waals surface area contributed by atoms with Crippen LogP contribution >= 0.6 is 0 Å². The summed E-state index contributed by atoms with van der Waals surface area (Å²) >= 11 is 0. The molecule has 0 bridgehead atoms. The summed E-state index contributed by atoms with van der Waals surface area (Å²) in [5.74, 6) is 2.55. The molecule has 1 amide bonds. The summed E-state index contributed by atoms with van der Waals surface area (Å²) in [4.78, 5) is 22.3. The molecule has 0 N–H and O–H groups in total. The highest BCUT2D eigenvalue weighted by Gasteiger charge is 2.28. The van der Waals surface area contributed by atoms with Gasteiger partial charge in [-0.15, -0.1) is 0 Å². The van der Waals surface area contributed by atoms with E-state index in [-0.39, 0.29) is 11.3 Å². The zero-order valence-corrected chi connectivity index (χ0v) is 19.4. The number of nitrogens with zero attached hydrogens (tertiary/aromatic N) is 3. The quantitative estimate of drug-likeness (QED) is 0.494. The molecule has 1 fully saturated rings. The van der Waals surface area contributed by atoms with Crippen molar-refractivity contribution in [3.05, 3.63) is 89.5 Å². The van der Waals surface area contributed by atoms with E-state index in [0.717, 1.165) is 47.2 Å². The van der Waals surface area contributed by atoms with Gasteiger partial charge in [0.15, 0.2) is 5.75 Å². The van der Waals surface area contributed by atoms with Gasteiger partial charge in [-0.05, 0) is 47.4 Å². The van der Waals surface area contributed by atoms with Crippen LogP contribution in [0.3, 0.4) is 0 Å². The predicted octanol–water partition coefficient (Wildman–Crippen LogP) is 5.63. The van der Waals surface area contributed by atoms with E-state index < -0.39 is 0 Å². The normalized spacial score (nSPS) is 15.7. The topological polar surface area (TPSA) is 45.1 Å². The molecule has 2 aliphatic rings. The van der Waals surface area contributed by atoms with Crippen LogP contribution in [-0.4, -0.2) is 47.7 Å². The maximum atomic E-state index is 13.1. The van der Waals surface area contributed by atoms with E-state index in [9.17, 15) is 4.79 Å². The molecule has 5 nitrogen and oxygen atoms in total. The fourth-order valence-corrected chi connectivity index (χ4v) is 4.33. The van der Waals surface area contributed by atoms with Crippen molar-refractivity contribution in [1.82, 2.24) is 9.80 Å². The molecule has 2 heterocycles. The second-order valence-corrected chi connectivity index (χ2v) is 9.61. The summed E-state index contributed by atoms with van der Waals surface area (Å²) in [6.45, 7) is 9.30. The summed E-state index contributed by atoms with van der Waals surface area (Å²) in [7, 11) is 0. The number of amidine groups is 1. The van der Waals surface area contributed by atoms with Crippen molar-refractivity contribution in [3.63, 3.8) is 0 Å². The van der Waals surface area contributed by atoms with Crippen LogP contribution in [0.5, 0.6) is 11.5 Å². The first-order valence-corrected chi connectivity index (χ1v) is 11.5. The zero-order valence-electron chi connectivity index (χ0n) is 19.4. The first kappa shape index (κ1) is 21.3. The number of piperazine rings is 1. The molecule has 0 saturated carbocycles. The second kappa shape index (κ2) is 8.39. The molecular weight excluding hydrogens is 410 g/mol. The average Bonchev–Trinajstić information content (AvgIpc) is 3.00. The Balaban J connectivity index is 1.35. The van der Waals surface area contributed by atoms with Gasteiger partial charge in [0.2, 0.25) is 0 Å². The molecule has 0 aliphatic carbocycles. The number of para-hydroxylation sites is 3. The largest absolute Gasteiger partial charge is 0.454 e. The molecule has 168 valence electrons. The Morgan fingerprint density at radius 3 is 2.15 bits per heavy atom. The van der Waals surface area contributed by atoms with Crippen molar-refractivity contribution in [2.24, 2.45) is 4.99 Å². The maximum absolute atomic E-state index is 13.1. The minimum absolute atomic E-state index is 0.0747. The van der Waals surface area contributed by atoms with Gasteiger partial charge in [0, 0.05) is 31.7 Å². The molecule has 0 spiro atoms. The van der Waals surface area contributed by atoms with Crippen molar-refractivity contribution >= 4 is 17.4 Å². The lowest BCUT2D eigenvalue weighted by molar-refractivity contribution is 0.0692. The van der Waals surface area contributed by atoms with Crippen LogP contribution in [0.1, 0.15) is 42.3 Å². The third-order valence-corrected chi connectivity index (χ3v) is 6.30. The van der Waals surface area contributed by atoms with Crippen molar-refractivity contribution < 1.29 is 9.53 Å². The standard InChI is InChI=1S/C28H29N3O2/c1-28(2,3)21-14-12-20(13-15-21)27(32)31-18-16-30(17-19-31)26-22-8-4-6-10-24(22)33-25-11-7-5-9-23(25)29-26/h4-15H,16-19H2,1-3H3. The third kappa shape index (κ3) is 4.23. The number of hydrogen-bond donors (Lipinski definition) is 0. The molecule has 3 aromatic carbocycles. The summed E-state index contributed by atoms with van der Waals surface area (Å²) < 4.78 is 6.17. The van der Waals surface area contributed by atoms with Gasteiger partial charge in [0.1, 0.15) is 17.3 Å². The molecule has 3 aromatic rings. The Hall–Kier alpha value is -3.60. The van der Waals surface area contributed by atoms with Crippen LogP contribution in [0.25, 0.3) is 0 Å². The Kier molecular flexibility index (Phi) is 5.41. The summed E-state index contributed by atoms with van der Waals surface area (Å²) in [6, 6.07) is 23.9. The van der Waals surface area contributed by atoms with E-state index in [1.807, 2.05) is 65.6 Å². The monoisotopic (exact) mass is 439 g/mol. The SMILES string of the molecule is CC(C)(C)c1ccc(C(=O)N2CCN(C3=Nc4ccccc4Oc4ccccc43)CC2)cc1. The van der Waals surface area contributed by atoms with Crippen molar-refractivity contribution in [3.8, 4) is 11.5 Å². The van der Waals surface area contributed by atoms with E-state index >= 15 is 0 Å².